The Balaban J connectivity index is 1.39. The van der Waals surface area contributed by atoms with Gasteiger partial charge in [0.15, 0.2) is 0 Å². The van der Waals surface area contributed by atoms with Crippen molar-refractivity contribution in [1.82, 2.24) is 4.31 Å². The lowest BCUT2D eigenvalue weighted by Crippen LogP contribution is -2.51. The van der Waals surface area contributed by atoms with Gasteiger partial charge in [0.2, 0.25) is 10.0 Å². The van der Waals surface area contributed by atoms with E-state index in [1.807, 2.05) is 0 Å². The van der Waals surface area contributed by atoms with Gasteiger partial charge in [-0.05, 0) is 50.2 Å². The molecule has 3 fully saturated rings. The lowest BCUT2D eigenvalue weighted by atomic mass is 10.1. The van der Waals surface area contributed by atoms with Crippen molar-refractivity contribution in [3.8, 4) is 0 Å². The second kappa shape index (κ2) is 7.59. The highest BCUT2D eigenvalue weighted by Gasteiger charge is 2.41. The lowest BCUT2D eigenvalue weighted by molar-refractivity contribution is 0.00583. The number of aliphatic hydroxyl groups is 1. The fourth-order valence-corrected chi connectivity index (χ4v) is 5.91. The predicted octanol–water partition coefficient (Wildman–Crippen LogP) is 1.69. The van der Waals surface area contributed by atoms with Gasteiger partial charge in [0.25, 0.3) is 0 Å². The number of furan rings is 1. The van der Waals surface area contributed by atoms with Crippen molar-refractivity contribution in [2.45, 2.75) is 56.5 Å². The van der Waals surface area contributed by atoms with Crippen LogP contribution in [0.4, 0.5) is 0 Å². The first-order chi connectivity index (χ1) is 12.5. The molecule has 0 bridgehead atoms. The Morgan fingerprint density at radius 2 is 2.12 bits per heavy atom. The first-order valence-electron chi connectivity index (χ1n) is 9.47. The van der Waals surface area contributed by atoms with Gasteiger partial charge in [-0.25, -0.2) is 8.42 Å². The summed E-state index contributed by atoms with van der Waals surface area (Å²) in [6.45, 7) is 0.979. The van der Waals surface area contributed by atoms with Gasteiger partial charge in [-0.15, -0.1) is 0 Å². The van der Waals surface area contributed by atoms with Crippen molar-refractivity contribution in [3.63, 3.8) is 0 Å². The number of nitrogens with zero attached hydrogens (tertiary/aromatic N) is 1. The summed E-state index contributed by atoms with van der Waals surface area (Å²) >= 11 is 0. The normalized spacial score (nSPS) is 32.0. The summed E-state index contributed by atoms with van der Waals surface area (Å²) in [7, 11) is -3.47. The smallest absolute Gasteiger partial charge is 0.217 e. The molecule has 1 aliphatic carbocycles. The molecule has 4 unspecified atom stereocenters. The molecule has 146 valence electrons. The van der Waals surface area contributed by atoms with E-state index < -0.39 is 22.2 Å². The maximum Gasteiger partial charge on any atom is 0.217 e. The Kier molecular flexibility index (Phi) is 5.38. The summed E-state index contributed by atoms with van der Waals surface area (Å²) in [5, 5.41) is 10.3. The molecule has 4 atom stereocenters. The highest BCUT2D eigenvalue weighted by Crippen LogP contribution is 2.40. The second-order valence-corrected chi connectivity index (χ2v) is 9.56. The molecule has 4 rings (SSSR count). The Bertz CT molecular complexity index is 687. The average molecular weight is 385 g/mol. The van der Waals surface area contributed by atoms with E-state index in [0.717, 1.165) is 12.8 Å². The van der Waals surface area contributed by atoms with E-state index in [1.54, 1.807) is 12.1 Å². The van der Waals surface area contributed by atoms with Crippen molar-refractivity contribution in [1.29, 1.82) is 0 Å². The van der Waals surface area contributed by atoms with Crippen LogP contribution in [0.2, 0.25) is 0 Å². The summed E-state index contributed by atoms with van der Waals surface area (Å²) in [6, 6.07) is 3.00. The number of hydrogen-bond acceptors (Lipinski definition) is 6. The molecule has 26 heavy (non-hydrogen) atoms. The number of ether oxygens (including phenoxy) is 2. The average Bonchev–Trinajstić information content (AvgIpc) is 3.12. The zero-order valence-corrected chi connectivity index (χ0v) is 15.6. The van der Waals surface area contributed by atoms with Crippen LogP contribution < -0.4 is 0 Å². The molecule has 1 aromatic heterocycles. The Morgan fingerprint density at radius 1 is 1.27 bits per heavy atom. The topological polar surface area (TPSA) is 89.2 Å². The van der Waals surface area contributed by atoms with Crippen molar-refractivity contribution in [3.05, 3.63) is 24.2 Å². The molecule has 0 aromatic carbocycles. The summed E-state index contributed by atoms with van der Waals surface area (Å²) in [6.07, 6.45) is 5.12. The highest BCUT2D eigenvalue weighted by atomic mass is 32.2. The van der Waals surface area contributed by atoms with E-state index in [-0.39, 0.29) is 31.0 Å². The Labute approximate surface area is 154 Å². The standard InChI is InChI=1S/C18H27NO6S/c20-16(18-2-1-8-24-18)10-14-11-23-9-7-19(14)26(21,22)12-15-5-6-17(25-15)13-3-4-13/h1-2,8,13-17,20H,3-7,9-12H2. The third-order valence-electron chi connectivity index (χ3n) is 5.58. The van der Waals surface area contributed by atoms with Gasteiger partial charge in [0, 0.05) is 6.54 Å². The third-order valence-corrected chi connectivity index (χ3v) is 7.57. The van der Waals surface area contributed by atoms with E-state index in [2.05, 4.69) is 0 Å². The monoisotopic (exact) mass is 385 g/mol. The van der Waals surface area contributed by atoms with Gasteiger partial charge in [-0.1, -0.05) is 0 Å². The maximum atomic E-state index is 13.0. The molecule has 8 heteroatoms. The van der Waals surface area contributed by atoms with Crippen LogP contribution >= 0.6 is 0 Å². The molecule has 0 radical (unpaired) electrons. The van der Waals surface area contributed by atoms with Gasteiger partial charge in [-0.3, -0.25) is 0 Å². The fourth-order valence-electron chi connectivity index (χ4n) is 4.05. The largest absolute Gasteiger partial charge is 0.467 e. The van der Waals surface area contributed by atoms with Crippen molar-refractivity contribution >= 4 is 10.0 Å². The van der Waals surface area contributed by atoms with Gasteiger partial charge in [0.1, 0.15) is 11.9 Å². The zero-order valence-electron chi connectivity index (χ0n) is 14.8. The second-order valence-electron chi connectivity index (χ2n) is 7.60. The minimum absolute atomic E-state index is 0.0174. The van der Waals surface area contributed by atoms with Crippen LogP contribution in [0, 0.1) is 5.92 Å². The molecule has 1 N–H and O–H groups in total. The molecule has 7 nitrogen and oxygen atoms in total. The first-order valence-corrected chi connectivity index (χ1v) is 11.1. The van der Waals surface area contributed by atoms with Gasteiger partial charge in [0.05, 0.1) is 43.5 Å². The van der Waals surface area contributed by atoms with Crippen LogP contribution in [0.5, 0.6) is 0 Å². The summed E-state index contributed by atoms with van der Waals surface area (Å²) in [5.74, 6) is 1.10. The number of hydrogen-bond donors (Lipinski definition) is 1. The van der Waals surface area contributed by atoms with Crippen LogP contribution in [0.1, 0.15) is 44.0 Å². The minimum Gasteiger partial charge on any atom is -0.467 e. The molecule has 1 saturated carbocycles. The van der Waals surface area contributed by atoms with E-state index >= 15 is 0 Å². The number of morpholine rings is 1. The van der Waals surface area contributed by atoms with E-state index in [9.17, 15) is 13.5 Å². The summed E-state index contributed by atoms with van der Waals surface area (Å²) in [4.78, 5) is 0. The van der Waals surface area contributed by atoms with Crippen molar-refractivity contribution in [2.24, 2.45) is 5.92 Å². The quantitative estimate of drug-likeness (QED) is 0.768. The summed E-state index contributed by atoms with van der Waals surface area (Å²) in [5.41, 5.74) is 0. The number of sulfonamides is 1. The molecule has 0 amide bonds. The zero-order chi connectivity index (χ0) is 18.1. The third kappa shape index (κ3) is 4.14. The van der Waals surface area contributed by atoms with Crippen LogP contribution in [-0.4, -0.2) is 61.6 Å². The predicted molar refractivity (Wildman–Crippen MR) is 94.0 cm³/mol. The van der Waals surface area contributed by atoms with Crippen LogP contribution in [-0.2, 0) is 19.5 Å². The molecule has 2 saturated heterocycles. The van der Waals surface area contributed by atoms with E-state index in [4.69, 9.17) is 13.9 Å². The number of rotatable bonds is 7. The Hall–Kier alpha value is -0.930. The van der Waals surface area contributed by atoms with E-state index in [0.29, 0.717) is 24.8 Å². The SMILES string of the molecule is O=S(=O)(CC1CCC(C2CC2)O1)N1CCOCC1CC(O)c1ccco1. The molecule has 2 aliphatic heterocycles. The number of aliphatic hydroxyl groups excluding tert-OH is 1. The van der Waals surface area contributed by atoms with Crippen molar-refractivity contribution in [2.75, 3.05) is 25.5 Å². The first kappa shape index (κ1) is 18.4. The van der Waals surface area contributed by atoms with Gasteiger partial charge < -0.3 is 19.0 Å². The molecular formula is C18H27NO6S. The van der Waals surface area contributed by atoms with E-state index in [1.165, 1.54) is 23.4 Å². The molecule has 0 spiro atoms. The molecule has 3 aliphatic rings. The lowest BCUT2D eigenvalue weighted by Gasteiger charge is -2.35. The van der Waals surface area contributed by atoms with Crippen LogP contribution in [0.3, 0.4) is 0 Å². The maximum absolute atomic E-state index is 13.0. The molecule has 3 heterocycles. The van der Waals surface area contributed by atoms with Gasteiger partial charge in [-0.2, -0.15) is 4.31 Å². The van der Waals surface area contributed by atoms with Crippen LogP contribution in [0.25, 0.3) is 0 Å². The Morgan fingerprint density at radius 3 is 2.85 bits per heavy atom. The minimum atomic E-state index is -3.47. The van der Waals surface area contributed by atoms with Crippen molar-refractivity contribution < 1.29 is 27.4 Å². The molecule has 1 aromatic rings. The molecular weight excluding hydrogens is 358 g/mol. The highest BCUT2D eigenvalue weighted by molar-refractivity contribution is 7.89. The summed E-state index contributed by atoms with van der Waals surface area (Å²) < 4.78 is 44.2. The van der Waals surface area contributed by atoms with Gasteiger partial charge >= 0.3 is 0 Å². The van der Waals surface area contributed by atoms with Crippen LogP contribution in [0.15, 0.2) is 22.8 Å². The fraction of sp³-hybridized carbons (Fsp3) is 0.778.